The number of piperazine rings is 1. The van der Waals surface area contributed by atoms with E-state index in [0.29, 0.717) is 25.5 Å². The Morgan fingerprint density at radius 3 is 2.86 bits per heavy atom. The number of hydrogen-bond donors (Lipinski definition) is 2. The van der Waals surface area contributed by atoms with Crippen LogP contribution in [-0.4, -0.2) is 60.4 Å². The lowest BCUT2D eigenvalue weighted by Crippen LogP contribution is -2.59. The van der Waals surface area contributed by atoms with Gasteiger partial charge in [-0.25, -0.2) is 13.4 Å². The second kappa shape index (κ2) is 6.12. The molecule has 1 amide bonds. The molecule has 2 N–H and O–H groups in total. The highest BCUT2D eigenvalue weighted by atomic mass is 32.2. The normalized spacial score (nSPS) is 20.4. The molecule has 2 rings (SSSR count). The van der Waals surface area contributed by atoms with Crippen molar-refractivity contribution in [2.75, 3.05) is 26.2 Å². The third-order valence-corrected chi connectivity index (χ3v) is 5.29. The Morgan fingerprint density at radius 2 is 2.29 bits per heavy atom. The summed E-state index contributed by atoms with van der Waals surface area (Å²) in [6.07, 6.45) is 1.47. The minimum atomic E-state index is -3.78. The molecular weight excluding hydrogens is 294 g/mol. The van der Waals surface area contributed by atoms with Crippen molar-refractivity contribution in [3.63, 3.8) is 0 Å². The fraction of sp³-hybridized carbons (Fsp3) is 0.667. The largest absolute Gasteiger partial charge is 0.355 e. The van der Waals surface area contributed by atoms with Gasteiger partial charge in [-0.05, 0) is 13.8 Å². The molecular formula is C12H21N5O3S. The van der Waals surface area contributed by atoms with Crippen LogP contribution in [0, 0.1) is 6.92 Å². The zero-order valence-corrected chi connectivity index (χ0v) is 13.3. The Bertz CT molecular complexity index is 605. The number of likely N-dealkylation sites (N-methyl/N-ethyl adjacent to an activating group) is 1. The summed E-state index contributed by atoms with van der Waals surface area (Å²) in [6, 6.07) is -0.744. The number of amides is 1. The molecule has 1 aromatic rings. The van der Waals surface area contributed by atoms with Crippen LogP contribution in [0.25, 0.3) is 0 Å². The predicted molar refractivity (Wildman–Crippen MR) is 77.2 cm³/mol. The first kappa shape index (κ1) is 15.9. The molecule has 1 saturated heterocycles. The van der Waals surface area contributed by atoms with E-state index >= 15 is 0 Å². The summed E-state index contributed by atoms with van der Waals surface area (Å²) in [5.41, 5.74) is 0. The van der Waals surface area contributed by atoms with Crippen LogP contribution in [0.1, 0.15) is 12.7 Å². The number of aryl methyl sites for hydroxylation is 2. The van der Waals surface area contributed by atoms with E-state index in [1.807, 2.05) is 0 Å². The first-order valence-electron chi connectivity index (χ1n) is 6.88. The molecule has 118 valence electrons. The minimum Gasteiger partial charge on any atom is -0.355 e. The first-order valence-corrected chi connectivity index (χ1v) is 8.32. The van der Waals surface area contributed by atoms with Gasteiger partial charge in [0.25, 0.3) is 10.0 Å². The van der Waals surface area contributed by atoms with E-state index in [-0.39, 0.29) is 17.5 Å². The number of imidazole rings is 1. The van der Waals surface area contributed by atoms with E-state index in [1.54, 1.807) is 25.5 Å². The van der Waals surface area contributed by atoms with Crippen molar-refractivity contribution in [1.82, 2.24) is 24.5 Å². The van der Waals surface area contributed by atoms with Gasteiger partial charge in [0.15, 0.2) is 5.03 Å². The molecule has 0 aliphatic carbocycles. The molecule has 2 heterocycles. The molecule has 1 atom stereocenters. The Hall–Kier alpha value is -1.45. The highest BCUT2D eigenvalue weighted by Crippen LogP contribution is 2.18. The Balaban J connectivity index is 2.33. The molecule has 0 radical (unpaired) electrons. The van der Waals surface area contributed by atoms with Gasteiger partial charge >= 0.3 is 0 Å². The van der Waals surface area contributed by atoms with Crippen molar-refractivity contribution in [2.45, 2.75) is 24.9 Å². The fourth-order valence-electron chi connectivity index (χ4n) is 2.26. The van der Waals surface area contributed by atoms with Gasteiger partial charge in [-0.15, -0.1) is 0 Å². The highest BCUT2D eigenvalue weighted by molar-refractivity contribution is 7.89. The van der Waals surface area contributed by atoms with Gasteiger partial charge in [0.1, 0.15) is 11.9 Å². The zero-order valence-electron chi connectivity index (χ0n) is 12.5. The van der Waals surface area contributed by atoms with Gasteiger partial charge in [-0.1, -0.05) is 0 Å². The number of carbonyl (C=O) groups is 1. The highest BCUT2D eigenvalue weighted by Gasteiger charge is 2.38. The van der Waals surface area contributed by atoms with Crippen molar-refractivity contribution in [3.8, 4) is 0 Å². The number of nitrogens with one attached hydrogen (secondary N) is 2. The standard InChI is InChI=1S/C12H21N5O3S/c1-4-14-12(18)10-7-13-5-6-17(10)21(19,20)11-8-16(3)9(2)15-11/h8,10,13H,4-7H2,1-3H3,(H,14,18). The van der Waals surface area contributed by atoms with E-state index in [1.165, 1.54) is 10.5 Å². The van der Waals surface area contributed by atoms with Crippen LogP contribution in [0.5, 0.6) is 0 Å². The lowest BCUT2D eigenvalue weighted by atomic mass is 10.2. The van der Waals surface area contributed by atoms with Crippen LogP contribution in [0.15, 0.2) is 11.2 Å². The first-order chi connectivity index (χ1) is 9.87. The van der Waals surface area contributed by atoms with Crippen LogP contribution >= 0.6 is 0 Å². The smallest absolute Gasteiger partial charge is 0.262 e. The zero-order chi connectivity index (χ0) is 15.6. The van der Waals surface area contributed by atoms with E-state index < -0.39 is 16.1 Å². The van der Waals surface area contributed by atoms with Crippen LogP contribution in [0.2, 0.25) is 0 Å². The molecule has 0 aromatic carbocycles. The molecule has 1 aliphatic rings. The Labute approximate surface area is 124 Å². The summed E-state index contributed by atoms with van der Waals surface area (Å²) in [7, 11) is -2.04. The SMILES string of the molecule is CCNC(=O)C1CNCCN1S(=O)(=O)c1cn(C)c(C)n1. The van der Waals surface area contributed by atoms with Crippen LogP contribution in [0.4, 0.5) is 0 Å². The summed E-state index contributed by atoms with van der Waals surface area (Å²) >= 11 is 0. The van der Waals surface area contributed by atoms with Gasteiger partial charge in [0.2, 0.25) is 5.91 Å². The average Bonchev–Trinajstić information content (AvgIpc) is 2.80. The maximum Gasteiger partial charge on any atom is 0.262 e. The third-order valence-electron chi connectivity index (χ3n) is 3.51. The van der Waals surface area contributed by atoms with Gasteiger partial charge < -0.3 is 15.2 Å². The fourth-order valence-corrected chi connectivity index (χ4v) is 3.88. The molecule has 0 bridgehead atoms. The molecule has 0 spiro atoms. The van der Waals surface area contributed by atoms with Crippen LogP contribution < -0.4 is 10.6 Å². The number of nitrogens with zero attached hydrogens (tertiary/aromatic N) is 3. The Kier molecular flexibility index (Phi) is 4.64. The molecule has 9 heteroatoms. The minimum absolute atomic E-state index is 0.0151. The van der Waals surface area contributed by atoms with Crippen molar-refractivity contribution >= 4 is 15.9 Å². The summed E-state index contributed by atoms with van der Waals surface area (Å²) < 4.78 is 28.3. The quantitative estimate of drug-likeness (QED) is 0.730. The second-order valence-electron chi connectivity index (χ2n) is 4.97. The molecule has 21 heavy (non-hydrogen) atoms. The topological polar surface area (TPSA) is 96.3 Å². The average molecular weight is 315 g/mol. The summed E-state index contributed by atoms with van der Waals surface area (Å²) in [5, 5.41) is 5.71. The molecule has 1 fully saturated rings. The van der Waals surface area contributed by atoms with Gasteiger partial charge in [-0.2, -0.15) is 4.31 Å². The van der Waals surface area contributed by atoms with Crippen LogP contribution in [0.3, 0.4) is 0 Å². The lowest BCUT2D eigenvalue weighted by Gasteiger charge is -2.33. The number of aromatic nitrogens is 2. The number of hydrogen-bond acceptors (Lipinski definition) is 5. The van der Waals surface area contributed by atoms with Crippen molar-refractivity contribution in [1.29, 1.82) is 0 Å². The van der Waals surface area contributed by atoms with Crippen molar-refractivity contribution in [3.05, 3.63) is 12.0 Å². The van der Waals surface area contributed by atoms with Gasteiger partial charge in [0, 0.05) is 39.4 Å². The van der Waals surface area contributed by atoms with E-state index in [0.717, 1.165) is 0 Å². The predicted octanol–water partition coefficient (Wildman–Crippen LogP) is -1.17. The summed E-state index contributed by atoms with van der Waals surface area (Å²) in [6.45, 7) is 5.07. The maximum atomic E-state index is 12.7. The van der Waals surface area contributed by atoms with Gasteiger partial charge in [0.05, 0.1) is 0 Å². The monoisotopic (exact) mass is 315 g/mol. The van der Waals surface area contributed by atoms with E-state index in [9.17, 15) is 13.2 Å². The molecule has 1 aromatic heterocycles. The van der Waals surface area contributed by atoms with E-state index in [4.69, 9.17) is 0 Å². The molecule has 0 saturated carbocycles. The number of sulfonamides is 1. The van der Waals surface area contributed by atoms with Crippen molar-refractivity contribution < 1.29 is 13.2 Å². The Morgan fingerprint density at radius 1 is 1.57 bits per heavy atom. The second-order valence-corrected chi connectivity index (χ2v) is 6.80. The summed E-state index contributed by atoms with van der Waals surface area (Å²) in [5.74, 6) is 0.319. The number of rotatable bonds is 4. The molecule has 1 aliphatic heterocycles. The molecule has 8 nitrogen and oxygen atoms in total. The summed E-state index contributed by atoms with van der Waals surface area (Å²) in [4.78, 5) is 16.2. The third kappa shape index (κ3) is 3.09. The molecule has 1 unspecified atom stereocenters. The van der Waals surface area contributed by atoms with Gasteiger partial charge in [-0.3, -0.25) is 4.79 Å². The van der Waals surface area contributed by atoms with E-state index in [2.05, 4.69) is 15.6 Å². The van der Waals surface area contributed by atoms with Crippen LogP contribution in [-0.2, 0) is 21.9 Å². The maximum absolute atomic E-state index is 12.7. The number of carbonyl (C=O) groups excluding carboxylic acids is 1. The lowest BCUT2D eigenvalue weighted by molar-refractivity contribution is -0.125. The van der Waals surface area contributed by atoms with Crippen molar-refractivity contribution in [2.24, 2.45) is 7.05 Å².